The van der Waals surface area contributed by atoms with Crippen LogP contribution < -0.4 is 19.5 Å². The summed E-state index contributed by atoms with van der Waals surface area (Å²) >= 11 is 1.34. The molecule has 1 amide bonds. The number of carbonyl (C=O) groups excluding carboxylic acids is 1. The van der Waals surface area contributed by atoms with Crippen molar-refractivity contribution < 1.29 is 22.7 Å². The number of carbonyl (C=O) groups is 1. The lowest BCUT2D eigenvalue weighted by Gasteiger charge is -2.17. The van der Waals surface area contributed by atoms with Crippen molar-refractivity contribution in [1.29, 1.82) is 0 Å². The molecule has 1 aliphatic heterocycles. The monoisotopic (exact) mass is 431 g/mol. The van der Waals surface area contributed by atoms with E-state index in [1.807, 2.05) is 6.07 Å². The largest absolute Gasteiger partial charge is 0.486 e. The van der Waals surface area contributed by atoms with Gasteiger partial charge in [-0.25, -0.2) is 18.1 Å². The zero-order valence-corrected chi connectivity index (χ0v) is 17.0. The minimum atomic E-state index is -3.48. The van der Waals surface area contributed by atoms with Crippen molar-refractivity contribution in [2.45, 2.75) is 4.90 Å². The van der Waals surface area contributed by atoms with Crippen molar-refractivity contribution in [2.75, 3.05) is 25.6 Å². The fourth-order valence-corrected chi connectivity index (χ4v) is 4.32. The normalized spacial score (nSPS) is 13.7. The Balaban J connectivity index is 1.45. The molecule has 29 heavy (non-hydrogen) atoms. The quantitative estimate of drug-likeness (QED) is 0.602. The number of benzene rings is 2. The van der Waals surface area contributed by atoms with Crippen LogP contribution in [-0.2, 0) is 14.8 Å². The second kappa shape index (κ2) is 7.82. The maximum atomic E-state index is 12.2. The number of ether oxygens (including phenoxy) is 2. The molecule has 150 valence electrons. The van der Waals surface area contributed by atoms with Gasteiger partial charge in [-0.2, -0.15) is 0 Å². The lowest BCUT2D eigenvalue weighted by atomic mass is 10.2. The van der Waals surface area contributed by atoms with Crippen LogP contribution in [0.25, 0.3) is 16.3 Å². The average molecular weight is 431 g/mol. The van der Waals surface area contributed by atoms with Crippen LogP contribution in [0, 0.1) is 0 Å². The second-order valence-corrected chi connectivity index (χ2v) is 9.00. The van der Waals surface area contributed by atoms with Crippen molar-refractivity contribution in [3.8, 4) is 11.5 Å². The molecule has 8 nitrogen and oxygen atoms in total. The molecule has 2 N–H and O–H groups in total. The molecule has 0 bridgehead atoms. The number of rotatable bonds is 5. The number of anilines is 1. The van der Waals surface area contributed by atoms with Gasteiger partial charge in [-0.3, -0.25) is 10.1 Å². The Morgan fingerprint density at radius 1 is 1.14 bits per heavy atom. The number of thiazole rings is 1. The Kier molecular flexibility index (Phi) is 5.22. The van der Waals surface area contributed by atoms with Gasteiger partial charge in [0.2, 0.25) is 15.9 Å². The molecule has 0 saturated heterocycles. The summed E-state index contributed by atoms with van der Waals surface area (Å²) in [6.45, 7) is 1.01. The number of nitrogens with one attached hydrogen (secondary N) is 2. The SMILES string of the molecule is CNS(=O)(=O)c1ccc(/C=C/C(=O)Nc2nc3cc4c(cc3s2)OCCO4)cc1. The second-order valence-electron chi connectivity index (χ2n) is 6.08. The van der Waals surface area contributed by atoms with Gasteiger partial charge in [0.05, 0.1) is 15.1 Å². The van der Waals surface area contributed by atoms with Crippen LogP contribution in [-0.4, -0.2) is 39.6 Å². The Bertz CT molecular complexity index is 1160. The summed E-state index contributed by atoms with van der Waals surface area (Å²) in [5.41, 5.74) is 1.42. The molecule has 1 aromatic heterocycles. The van der Waals surface area contributed by atoms with Crippen LogP contribution >= 0.6 is 11.3 Å². The molecule has 10 heteroatoms. The van der Waals surface area contributed by atoms with Gasteiger partial charge in [0.1, 0.15) is 13.2 Å². The highest BCUT2D eigenvalue weighted by Gasteiger charge is 2.15. The smallest absolute Gasteiger partial charge is 0.250 e. The van der Waals surface area contributed by atoms with E-state index < -0.39 is 10.0 Å². The van der Waals surface area contributed by atoms with E-state index in [0.29, 0.717) is 35.4 Å². The summed E-state index contributed by atoms with van der Waals surface area (Å²) in [6.07, 6.45) is 2.96. The summed E-state index contributed by atoms with van der Waals surface area (Å²) < 4.78 is 37.7. The minimum absolute atomic E-state index is 0.159. The van der Waals surface area contributed by atoms with Gasteiger partial charge in [-0.05, 0) is 30.8 Å². The molecule has 0 unspecified atom stereocenters. The van der Waals surface area contributed by atoms with Crippen molar-refractivity contribution in [3.05, 3.63) is 48.0 Å². The first-order valence-corrected chi connectivity index (χ1v) is 11.0. The maximum Gasteiger partial charge on any atom is 0.250 e. The van der Waals surface area contributed by atoms with Crippen LogP contribution in [0.2, 0.25) is 0 Å². The summed E-state index contributed by atoms with van der Waals surface area (Å²) in [6, 6.07) is 9.85. The molecule has 0 aliphatic carbocycles. The third-order valence-corrected chi connectivity index (χ3v) is 6.53. The van der Waals surface area contributed by atoms with E-state index in [0.717, 1.165) is 10.2 Å². The van der Waals surface area contributed by atoms with E-state index in [2.05, 4.69) is 15.0 Å². The Morgan fingerprint density at radius 3 is 2.52 bits per heavy atom. The maximum absolute atomic E-state index is 12.2. The summed E-state index contributed by atoms with van der Waals surface area (Å²) in [5, 5.41) is 3.20. The van der Waals surface area contributed by atoms with Crippen LogP contribution in [0.1, 0.15) is 5.56 Å². The number of fused-ring (bicyclic) bond motifs is 2. The highest BCUT2D eigenvalue weighted by atomic mass is 32.2. The van der Waals surface area contributed by atoms with Crippen molar-refractivity contribution in [1.82, 2.24) is 9.71 Å². The Labute approximate surface area is 171 Å². The summed E-state index contributed by atoms with van der Waals surface area (Å²) in [7, 11) is -2.13. The molecule has 0 fully saturated rings. The van der Waals surface area contributed by atoms with E-state index in [1.165, 1.54) is 36.6 Å². The molecule has 4 rings (SSSR count). The van der Waals surface area contributed by atoms with Gasteiger partial charge in [-0.1, -0.05) is 23.5 Å². The standard InChI is InChI=1S/C19H17N3O5S2/c1-20-29(24,25)13-5-2-12(3-6-13)4-7-18(23)22-19-21-14-10-15-16(11-17(14)28-19)27-9-8-26-15/h2-7,10-11,20H,8-9H2,1H3,(H,21,22,23)/b7-4+. The van der Waals surface area contributed by atoms with E-state index in [1.54, 1.807) is 24.3 Å². The summed E-state index contributed by atoms with van der Waals surface area (Å²) in [5.74, 6) is 0.984. The van der Waals surface area contributed by atoms with Gasteiger partial charge < -0.3 is 9.47 Å². The molecule has 2 aromatic carbocycles. The first-order valence-electron chi connectivity index (χ1n) is 8.67. The predicted molar refractivity (Wildman–Crippen MR) is 111 cm³/mol. The first-order chi connectivity index (χ1) is 13.9. The van der Waals surface area contributed by atoms with Crippen LogP contribution in [0.15, 0.2) is 47.4 Å². The third-order valence-electron chi connectivity index (χ3n) is 4.17. The lowest BCUT2D eigenvalue weighted by molar-refractivity contribution is -0.111. The van der Waals surface area contributed by atoms with Crippen LogP contribution in [0.3, 0.4) is 0 Å². The number of aromatic nitrogens is 1. The van der Waals surface area contributed by atoms with E-state index in [4.69, 9.17) is 9.47 Å². The van der Waals surface area contributed by atoms with Gasteiger partial charge in [-0.15, -0.1) is 0 Å². The fraction of sp³-hybridized carbons (Fsp3) is 0.158. The molecule has 0 atom stereocenters. The average Bonchev–Trinajstić information content (AvgIpc) is 3.11. The highest BCUT2D eigenvalue weighted by Crippen LogP contribution is 2.37. The lowest BCUT2D eigenvalue weighted by Crippen LogP contribution is -2.18. The Hall–Kier alpha value is -2.95. The molecule has 1 aliphatic rings. The van der Waals surface area contributed by atoms with E-state index in [9.17, 15) is 13.2 Å². The van der Waals surface area contributed by atoms with Crippen molar-refractivity contribution in [3.63, 3.8) is 0 Å². The number of amides is 1. The van der Waals surface area contributed by atoms with Gasteiger partial charge in [0.25, 0.3) is 0 Å². The van der Waals surface area contributed by atoms with Gasteiger partial charge in [0.15, 0.2) is 16.6 Å². The third kappa shape index (κ3) is 4.24. The fourth-order valence-electron chi connectivity index (χ4n) is 2.71. The van der Waals surface area contributed by atoms with Gasteiger partial charge >= 0.3 is 0 Å². The Morgan fingerprint density at radius 2 is 1.83 bits per heavy atom. The minimum Gasteiger partial charge on any atom is -0.486 e. The van der Waals surface area contributed by atoms with E-state index >= 15 is 0 Å². The zero-order chi connectivity index (χ0) is 20.4. The first kappa shape index (κ1) is 19.4. The molecule has 0 saturated carbocycles. The number of nitrogens with zero attached hydrogens (tertiary/aromatic N) is 1. The molecule has 2 heterocycles. The predicted octanol–water partition coefficient (Wildman–Crippen LogP) is 2.63. The molecule has 0 spiro atoms. The molecule has 0 radical (unpaired) electrons. The summed E-state index contributed by atoms with van der Waals surface area (Å²) in [4.78, 5) is 16.8. The van der Waals surface area contributed by atoms with Crippen LogP contribution in [0.4, 0.5) is 5.13 Å². The number of hydrogen-bond donors (Lipinski definition) is 2. The van der Waals surface area contributed by atoms with Gasteiger partial charge in [0, 0.05) is 18.2 Å². The van der Waals surface area contributed by atoms with E-state index in [-0.39, 0.29) is 10.8 Å². The zero-order valence-electron chi connectivity index (χ0n) is 15.3. The molecular weight excluding hydrogens is 414 g/mol. The topological polar surface area (TPSA) is 107 Å². The number of sulfonamides is 1. The number of hydrogen-bond acceptors (Lipinski definition) is 7. The molecule has 3 aromatic rings. The van der Waals surface area contributed by atoms with Crippen LogP contribution in [0.5, 0.6) is 11.5 Å². The highest BCUT2D eigenvalue weighted by molar-refractivity contribution is 7.89. The van der Waals surface area contributed by atoms with Crippen molar-refractivity contribution >= 4 is 48.7 Å². The van der Waals surface area contributed by atoms with Crippen molar-refractivity contribution in [2.24, 2.45) is 0 Å². The molecular formula is C19H17N3O5S2.